The Bertz CT molecular complexity index is 718. The van der Waals surface area contributed by atoms with Gasteiger partial charge in [-0.2, -0.15) is 0 Å². The standard InChI is InChI=1S/C18H19FN2O2/c19-16-3-1-2-13(7-16)17(22)8-18(23)21-9-12-4-5-14-10-20-11-15(14)6-12/h1-7,17,20,22H,8-11H2,(H,21,23). The molecule has 0 bridgehead atoms. The lowest BCUT2D eigenvalue weighted by Crippen LogP contribution is -2.24. The molecule has 0 saturated carbocycles. The van der Waals surface area contributed by atoms with Crippen LogP contribution in [0.4, 0.5) is 4.39 Å². The molecule has 1 atom stereocenters. The molecule has 0 fully saturated rings. The Morgan fingerprint density at radius 2 is 2.04 bits per heavy atom. The van der Waals surface area contributed by atoms with Gasteiger partial charge >= 0.3 is 0 Å². The maximum atomic E-state index is 13.1. The molecule has 2 aromatic rings. The van der Waals surface area contributed by atoms with E-state index in [1.807, 2.05) is 6.07 Å². The van der Waals surface area contributed by atoms with Crippen molar-refractivity contribution in [3.8, 4) is 0 Å². The van der Waals surface area contributed by atoms with Gasteiger partial charge in [-0.3, -0.25) is 4.79 Å². The summed E-state index contributed by atoms with van der Waals surface area (Å²) in [6.07, 6.45) is -1.09. The molecule has 3 N–H and O–H groups in total. The van der Waals surface area contributed by atoms with Crippen molar-refractivity contribution in [1.82, 2.24) is 10.6 Å². The monoisotopic (exact) mass is 314 g/mol. The third-order valence-corrected chi connectivity index (χ3v) is 4.00. The third kappa shape index (κ3) is 3.94. The van der Waals surface area contributed by atoms with Gasteiger partial charge in [0.2, 0.25) is 5.91 Å². The molecule has 1 heterocycles. The summed E-state index contributed by atoms with van der Waals surface area (Å²) in [5, 5.41) is 16.1. The molecule has 2 aromatic carbocycles. The summed E-state index contributed by atoms with van der Waals surface area (Å²) in [7, 11) is 0. The van der Waals surface area contributed by atoms with Gasteiger partial charge in [0, 0.05) is 19.6 Å². The van der Waals surface area contributed by atoms with E-state index in [2.05, 4.69) is 22.8 Å². The number of benzene rings is 2. The van der Waals surface area contributed by atoms with Gasteiger partial charge in [-0.05, 0) is 34.4 Å². The molecule has 1 unspecified atom stereocenters. The first-order valence-corrected chi connectivity index (χ1v) is 7.63. The number of fused-ring (bicyclic) bond motifs is 1. The maximum absolute atomic E-state index is 13.1. The van der Waals surface area contributed by atoms with Crippen molar-refractivity contribution in [2.24, 2.45) is 0 Å². The fourth-order valence-corrected chi connectivity index (χ4v) is 2.74. The number of nitrogens with one attached hydrogen (secondary N) is 2. The predicted molar refractivity (Wildman–Crippen MR) is 84.8 cm³/mol. The van der Waals surface area contributed by atoms with Gasteiger partial charge in [0.15, 0.2) is 0 Å². The van der Waals surface area contributed by atoms with Crippen molar-refractivity contribution >= 4 is 5.91 Å². The average molecular weight is 314 g/mol. The molecule has 1 aliphatic heterocycles. The number of carbonyl (C=O) groups is 1. The van der Waals surface area contributed by atoms with Crippen LogP contribution in [-0.2, 0) is 24.4 Å². The van der Waals surface area contributed by atoms with Crippen LogP contribution >= 0.6 is 0 Å². The Kier molecular flexibility index (Phi) is 4.69. The van der Waals surface area contributed by atoms with Crippen LogP contribution in [-0.4, -0.2) is 11.0 Å². The molecule has 3 rings (SSSR count). The summed E-state index contributed by atoms with van der Waals surface area (Å²) in [6.45, 7) is 2.17. The molecule has 0 aromatic heterocycles. The van der Waals surface area contributed by atoms with Crippen molar-refractivity contribution in [3.63, 3.8) is 0 Å². The Hall–Kier alpha value is -2.24. The van der Waals surface area contributed by atoms with E-state index in [0.717, 1.165) is 18.7 Å². The van der Waals surface area contributed by atoms with E-state index in [0.29, 0.717) is 12.1 Å². The smallest absolute Gasteiger partial charge is 0.223 e. The van der Waals surface area contributed by atoms with E-state index in [4.69, 9.17) is 0 Å². The Balaban J connectivity index is 1.53. The molecule has 0 radical (unpaired) electrons. The number of hydrogen-bond acceptors (Lipinski definition) is 3. The van der Waals surface area contributed by atoms with E-state index < -0.39 is 11.9 Å². The van der Waals surface area contributed by atoms with Gasteiger partial charge < -0.3 is 15.7 Å². The molecule has 0 saturated heterocycles. The van der Waals surface area contributed by atoms with E-state index in [9.17, 15) is 14.3 Å². The predicted octanol–water partition coefficient (Wildman–Crippen LogP) is 2.17. The summed E-state index contributed by atoms with van der Waals surface area (Å²) in [4.78, 5) is 11.9. The first-order chi connectivity index (χ1) is 11.1. The minimum Gasteiger partial charge on any atom is -0.388 e. The highest BCUT2D eigenvalue weighted by Crippen LogP contribution is 2.18. The van der Waals surface area contributed by atoms with Crippen molar-refractivity contribution in [1.29, 1.82) is 0 Å². The number of aliphatic hydroxyl groups excluding tert-OH is 1. The normalized spacial score (nSPS) is 14.3. The van der Waals surface area contributed by atoms with Crippen LogP contribution < -0.4 is 10.6 Å². The zero-order chi connectivity index (χ0) is 16.2. The van der Waals surface area contributed by atoms with Crippen molar-refractivity contribution in [2.75, 3.05) is 0 Å². The van der Waals surface area contributed by atoms with Crippen LogP contribution in [0, 0.1) is 5.82 Å². The number of aliphatic hydroxyl groups is 1. The molecule has 5 heteroatoms. The van der Waals surface area contributed by atoms with Crippen LogP contribution in [0.5, 0.6) is 0 Å². The van der Waals surface area contributed by atoms with Crippen molar-refractivity contribution in [2.45, 2.75) is 32.2 Å². The summed E-state index contributed by atoms with van der Waals surface area (Å²) < 4.78 is 13.1. The molecule has 4 nitrogen and oxygen atoms in total. The molecule has 0 aliphatic carbocycles. The number of amides is 1. The van der Waals surface area contributed by atoms with Crippen LogP contribution in [0.2, 0.25) is 0 Å². The van der Waals surface area contributed by atoms with Crippen LogP contribution in [0.1, 0.15) is 34.8 Å². The quantitative estimate of drug-likeness (QED) is 0.792. The van der Waals surface area contributed by atoms with Gasteiger partial charge in [0.25, 0.3) is 0 Å². The molecule has 120 valence electrons. The van der Waals surface area contributed by atoms with Gasteiger partial charge in [0.05, 0.1) is 12.5 Å². The van der Waals surface area contributed by atoms with Crippen molar-refractivity contribution in [3.05, 3.63) is 70.5 Å². The summed E-state index contributed by atoms with van der Waals surface area (Å²) in [6, 6.07) is 11.8. The minimum absolute atomic E-state index is 0.0874. The number of rotatable bonds is 5. The van der Waals surface area contributed by atoms with E-state index in [1.165, 1.54) is 29.3 Å². The zero-order valence-electron chi connectivity index (χ0n) is 12.7. The van der Waals surface area contributed by atoms with Crippen molar-refractivity contribution < 1.29 is 14.3 Å². The topological polar surface area (TPSA) is 61.4 Å². The first kappa shape index (κ1) is 15.6. The highest BCUT2D eigenvalue weighted by atomic mass is 19.1. The molecular weight excluding hydrogens is 295 g/mol. The highest BCUT2D eigenvalue weighted by Gasteiger charge is 2.14. The van der Waals surface area contributed by atoms with Gasteiger partial charge in [-0.25, -0.2) is 4.39 Å². The lowest BCUT2D eigenvalue weighted by molar-refractivity contribution is -0.123. The fourth-order valence-electron chi connectivity index (χ4n) is 2.74. The Labute approximate surface area is 134 Å². The van der Waals surface area contributed by atoms with E-state index in [-0.39, 0.29) is 12.3 Å². The summed E-state index contributed by atoms with van der Waals surface area (Å²) in [5.74, 6) is -0.686. The molecule has 23 heavy (non-hydrogen) atoms. The molecular formula is C18H19FN2O2. The Morgan fingerprint density at radius 1 is 1.22 bits per heavy atom. The largest absolute Gasteiger partial charge is 0.388 e. The lowest BCUT2D eigenvalue weighted by Gasteiger charge is -2.12. The zero-order valence-corrected chi connectivity index (χ0v) is 12.7. The molecule has 1 amide bonds. The highest BCUT2D eigenvalue weighted by molar-refractivity contribution is 5.76. The summed E-state index contributed by atoms with van der Waals surface area (Å²) >= 11 is 0. The number of carbonyl (C=O) groups excluding carboxylic acids is 1. The maximum Gasteiger partial charge on any atom is 0.223 e. The number of halogens is 1. The molecule has 0 spiro atoms. The van der Waals surface area contributed by atoms with Gasteiger partial charge in [-0.15, -0.1) is 0 Å². The second-order valence-corrected chi connectivity index (χ2v) is 5.76. The average Bonchev–Trinajstić information content (AvgIpc) is 3.00. The van der Waals surface area contributed by atoms with Crippen LogP contribution in [0.15, 0.2) is 42.5 Å². The van der Waals surface area contributed by atoms with Crippen LogP contribution in [0.3, 0.4) is 0 Å². The SMILES string of the molecule is O=C(CC(O)c1cccc(F)c1)NCc1ccc2c(c1)CNC2. The van der Waals surface area contributed by atoms with E-state index >= 15 is 0 Å². The second-order valence-electron chi connectivity index (χ2n) is 5.76. The lowest BCUT2D eigenvalue weighted by atomic mass is 10.1. The summed E-state index contributed by atoms with van der Waals surface area (Å²) in [5.41, 5.74) is 3.99. The van der Waals surface area contributed by atoms with Gasteiger partial charge in [-0.1, -0.05) is 30.3 Å². The second kappa shape index (κ2) is 6.89. The van der Waals surface area contributed by atoms with Crippen LogP contribution in [0.25, 0.3) is 0 Å². The Morgan fingerprint density at radius 3 is 2.87 bits per heavy atom. The minimum atomic E-state index is -1.00. The third-order valence-electron chi connectivity index (χ3n) is 4.00. The number of hydrogen-bond donors (Lipinski definition) is 3. The fraction of sp³-hybridized carbons (Fsp3) is 0.278. The van der Waals surface area contributed by atoms with Gasteiger partial charge in [0.1, 0.15) is 5.82 Å². The van der Waals surface area contributed by atoms with E-state index in [1.54, 1.807) is 6.07 Å². The molecule has 1 aliphatic rings. The first-order valence-electron chi connectivity index (χ1n) is 7.63.